The number of ether oxygens (including phenoxy) is 1. The quantitative estimate of drug-likeness (QED) is 0.618. The van der Waals surface area contributed by atoms with Crippen molar-refractivity contribution in [2.75, 3.05) is 13.6 Å². The molecule has 0 saturated carbocycles. The van der Waals surface area contributed by atoms with Gasteiger partial charge in [-0.15, -0.1) is 13.2 Å². The highest BCUT2D eigenvalue weighted by Crippen LogP contribution is 2.19. The van der Waals surface area contributed by atoms with Gasteiger partial charge < -0.3 is 0 Å². The fourth-order valence-electron chi connectivity index (χ4n) is 0.810. The second kappa shape index (κ2) is 2.96. The first-order valence-electron chi connectivity index (χ1n) is 3.01. The van der Waals surface area contributed by atoms with Gasteiger partial charge in [-0.25, -0.2) is 0 Å². The lowest BCUT2D eigenvalue weighted by atomic mass is 10.6. The molecular weight excluding hydrogens is 161 g/mol. The minimum absolute atomic E-state index is 0.208. The Hall–Kier alpha value is -0.330. The molecule has 1 heterocycles. The number of rotatable bonds is 1. The van der Waals surface area contributed by atoms with E-state index in [0.717, 1.165) is 0 Å². The molecule has 0 amide bonds. The first-order valence-corrected chi connectivity index (χ1v) is 3.01. The molecule has 1 N–H and O–H groups in total. The van der Waals surface area contributed by atoms with E-state index in [2.05, 4.69) is 10.1 Å². The number of hydrogen-bond donors (Lipinski definition) is 1. The molecule has 1 unspecified atom stereocenters. The van der Waals surface area contributed by atoms with Gasteiger partial charge >= 0.3 is 6.36 Å². The second-order valence-corrected chi connectivity index (χ2v) is 2.29. The predicted octanol–water partition coefficient (Wildman–Crippen LogP) is 0.503. The van der Waals surface area contributed by atoms with Gasteiger partial charge in [0.1, 0.15) is 6.23 Å². The molecule has 1 saturated heterocycles. The van der Waals surface area contributed by atoms with Crippen LogP contribution in [0.25, 0.3) is 0 Å². The largest absolute Gasteiger partial charge is 0.524 e. The second-order valence-electron chi connectivity index (χ2n) is 2.29. The van der Waals surface area contributed by atoms with Gasteiger partial charge in [-0.05, 0) is 7.05 Å². The van der Waals surface area contributed by atoms with Gasteiger partial charge in [0.2, 0.25) is 0 Å². The Morgan fingerprint density at radius 1 is 1.64 bits per heavy atom. The normalized spacial score (nSPS) is 27.8. The van der Waals surface area contributed by atoms with Crippen LogP contribution in [0.4, 0.5) is 13.2 Å². The van der Waals surface area contributed by atoms with Crippen LogP contribution in [-0.4, -0.2) is 31.1 Å². The average molecular weight is 169 g/mol. The molecule has 65 valence electrons. The average Bonchev–Trinajstić information content (AvgIpc) is 2.10. The van der Waals surface area contributed by atoms with E-state index in [0.29, 0.717) is 0 Å². The van der Waals surface area contributed by atoms with E-state index >= 15 is 0 Å². The highest BCUT2D eigenvalue weighted by atomic mass is 19.4. The van der Waals surface area contributed by atoms with Crippen molar-refractivity contribution in [3.63, 3.8) is 0 Å². The van der Waals surface area contributed by atoms with Crippen molar-refractivity contribution >= 4 is 0 Å². The number of halogens is 3. The summed E-state index contributed by atoms with van der Waals surface area (Å²) in [5.41, 5.74) is 0. The lowest BCUT2D eigenvalue weighted by Crippen LogP contribution is -2.32. The van der Waals surface area contributed by atoms with Gasteiger partial charge in [0.05, 0.1) is 6.67 Å². The van der Waals surface area contributed by atoms with Crippen molar-refractivity contribution in [3.8, 4) is 0 Å². The van der Waals surface area contributed by atoms with Gasteiger partial charge in [0, 0.05) is 6.54 Å². The summed E-state index contributed by atoms with van der Waals surface area (Å²) in [6.07, 6.45) is -5.53. The monoisotopic (exact) mass is 169 g/mol. The molecule has 0 aromatic carbocycles. The summed E-state index contributed by atoms with van der Waals surface area (Å²) in [4.78, 5) is 1.58. The summed E-state index contributed by atoms with van der Waals surface area (Å²) < 4.78 is 38.3. The molecule has 1 aliphatic heterocycles. The van der Waals surface area contributed by atoms with Gasteiger partial charge in [-0.1, -0.05) is 0 Å². The molecule has 6 heteroatoms. The van der Waals surface area contributed by atoms with E-state index < -0.39 is 12.6 Å². The highest BCUT2D eigenvalue weighted by Gasteiger charge is 2.35. The number of likely N-dealkylation sites (N-methyl/N-ethyl adjacent to an activating group) is 1. The summed E-state index contributed by atoms with van der Waals surface area (Å²) in [7, 11) is 1.66. The molecular formula is C5H8F3N2O. The van der Waals surface area contributed by atoms with E-state index in [1.165, 1.54) is 6.67 Å². The predicted molar refractivity (Wildman–Crippen MR) is 31.0 cm³/mol. The third kappa shape index (κ3) is 3.04. The molecule has 1 rings (SSSR count). The Bertz CT molecular complexity index is 138. The lowest BCUT2D eigenvalue weighted by molar-refractivity contribution is -0.343. The first kappa shape index (κ1) is 8.76. The maximum Gasteiger partial charge on any atom is 0.524 e. The van der Waals surface area contributed by atoms with Crippen LogP contribution in [0.3, 0.4) is 0 Å². The van der Waals surface area contributed by atoms with Crippen LogP contribution in [0, 0.1) is 6.67 Å². The molecule has 3 nitrogen and oxygen atoms in total. The third-order valence-electron chi connectivity index (χ3n) is 1.21. The van der Waals surface area contributed by atoms with Crippen LogP contribution in [0.2, 0.25) is 0 Å². The van der Waals surface area contributed by atoms with Crippen molar-refractivity contribution in [3.05, 3.63) is 6.67 Å². The Morgan fingerprint density at radius 3 is 2.64 bits per heavy atom. The van der Waals surface area contributed by atoms with Crippen LogP contribution in [-0.2, 0) is 4.74 Å². The molecule has 1 atom stereocenters. The topological polar surface area (TPSA) is 24.5 Å². The van der Waals surface area contributed by atoms with Crippen molar-refractivity contribution in [1.82, 2.24) is 10.2 Å². The van der Waals surface area contributed by atoms with Gasteiger partial charge in [0.25, 0.3) is 0 Å². The molecule has 0 bridgehead atoms. The number of hydrogen-bond acceptors (Lipinski definition) is 3. The third-order valence-corrected chi connectivity index (χ3v) is 1.21. The minimum Gasteiger partial charge on any atom is -0.285 e. The summed E-state index contributed by atoms with van der Waals surface area (Å²) in [6.45, 7) is 1.65. The fourth-order valence-corrected chi connectivity index (χ4v) is 0.810. The molecule has 11 heavy (non-hydrogen) atoms. The first-order chi connectivity index (χ1) is 4.97. The highest BCUT2D eigenvalue weighted by molar-refractivity contribution is 4.77. The standard InChI is InChI=1S/C5H8F3N2O/c1-10-2-4(9-3-10)11-5(6,7)8/h3-4,9H,2H2,1H3. The van der Waals surface area contributed by atoms with Crippen molar-refractivity contribution in [1.29, 1.82) is 0 Å². The summed E-state index contributed by atoms with van der Waals surface area (Å²) in [5.74, 6) is 0. The fraction of sp³-hybridized carbons (Fsp3) is 0.800. The molecule has 0 aliphatic carbocycles. The summed E-state index contributed by atoms with van der Waals surface area (Å²) in [6, 6.07) is 0. The summed E-state index contributed by atoms with van der Waals surface area (Å²) in [5, 5.41) is 2.42. The van der Waals surface area contributed by atoms with Gasteiger partial charge in [-0.3, -0.25) is 15.0 Å². The number of nitrogens with one attached hydrogen (secondary N) is 1. The SMILES string of the molecule is CN1[CH]NC(OC(F)(F)F)C1. The maximum absolute atomic E-state index is 11.5. The van der Waals surface area contributed by atoms with Crippen LogP contribution in [0.5, 0.6) is 0 Å². The lowest BCUT2D eigenvalue weighted by Gasteiger charge is -2.13. The van der Waals surface area contributed by atoms with E-state index in [-0.39, 0.29) is 6.54 Å². The van der Waals surface area contributed by atoms with Crippen molar-refractivity contribution in [2.24, 2.45) is 0 Å². The van der Waals surface area contributed by atoms with Gasteiger partial charge in [-0.2, -0.15) is 0 Å². The van der Waals surface area contributed by atoms with Crippen LogP contribution in [0.15, 0.2) is 0 Å². The minimum atomic E-state index is -4.56. The Morgan fingerprint density at radius 2 is 2.27 bits per heavy atom. The summed E-state index contributed by atoms with van der Waals surface area (Å²) >= 11 is 0. The zero-order chi connectivity index (χ0) is 8.48. The van der Waals surface area contributed by atoms with E-state index in [1.54, 1.807) is 11.9 Å². The molecule has 0 aromatic rings. The van der Waals surface area contributed by atoms with Crippen molar-refractivity contribution in [2.45, 2.75) is 12.6 Å². The zero-order valence-electron chi connectivity index (χ0n) is 5.85. The molecule has 1 aliphatic rings. The Balaban J connectivity index is 2.29. The van der Waals surface area contributed by atoms with Crippen LogP contribution in [0.1, 0.15) is 0 Å². The number of nitrogens with zero attached hydrogens (tertiary/aromatic N) is 1. The maximum atomic E-state index is 11.5. The zero-order valence-corrected chi connectivity index (χ0v) is 5.85. The Kier molecular flexibility index (Phi) is 2.36. The van der Waals surface area contributed by atoms with Crippen molar-refractivity contribution < 1.29 is 17.9 Å². The van der Waals surface area contributed by atoms with Gasteiger partial charge in [0.15, 0.2) is 0 Å². The van der Waals surface area contributed by atoms with Crippen LogP contribution < -0.4 is 5.32 Å². The van der Waals surface area contributed by atoms with E-state index in [9.17, 15) is 13.2 Å². The number of alkyl halides is 3. The molecule has 0 spiro atoms. The smallest absolute Gasteiger partial charge is 0.285 e. The molecule has 1 fully saturated rings. The molecule has 1 radical (unpaired) electrons. The van der Waals surface area contributed by atoms with E-state index in [1.807, 2.05) is 0 Å². The van der Waals surface area contributed by atoms with Crippen LogP contribution >= 0.6 is 0 Å². The Labute approximate surface area is 62.1 Å². The molecule has 0 aromatic heterocycles. The van der Waals surface area contributed by atoms with E-state index in [4.69, 9.17) is 0 Å².